The van der Waals surface area contributed by atoms with Crippen LogP contribution in [0.5, 0.6) is 0 Å². The molecule has 1 saturated heterocycles. The lowest BCUT2D eigenvalue weighted by molar-refractivity contribution is 0.0858. The Labute approximate surface area is 85.4 Å². The van der Waals surface area contributed by atoms with Crippen LogP contribution in [0.3, 0.4) is 0 Å². The van der Waals surface area contributed by atoms with Crippen LogP contribution >= 0.6 is 0 Å². The highest BCUT2D eigenvalue weighted by atomic mass is 16.5. The van der Waals surface area contributed by atoms with E-state index in [1.54, 1.807) is 7.11 Å². The number of nitriles is 1. The van der Waals surface area contributed by atoms with Crippen molar-refractivity contribution in [3.63, 3.8) is 0 Å². The Kier molecular flexibility index (Phi) is 4.33. The highest BCUT2D eigenvalue weighted by Gasteiger charge is 2.31. The van der Waals surface area contributed by atoms with E-state index in [0.29, 0.717) is 0 Å². The summed E-state index contributed by atoms with van der Waals surface area (Å²) in [7, 11) is 1.60. The van der Waals surface area contributed by atoms with Crippen LogP contribution in [-0.2, 0) is 4.74 Å². The van der Waals surface area contributed by atoms with Crippen molar-refractivity contribution in [2.24, 2.45) is 11.1 Å². The van der Waals surface area contributed by atoms with Crippen molar-refractivity contribution in [1.29, 1.82) is 5.26 Å². The lowest BCUT2D eigenvalue weighted by atomic mass is 9.76. The van der Waals surface area contributed by atoms with Gasteiger partial charge in [0.15, 0.2) is 0 Å². The van der Waals surface area contributed by atoms with E-state index in [-0.39, 0.29) is 11.6 Å². The molecule has 1 fully saturated rings. The molecule has 1 unspecified atom stereocenters. The van der Waals surface area contributed by atoms with Gasteiger partial charge in [0, 0.05) is 7.11 Å². The van der Waals surface area contributed by atoms with E-state index in [1.807, 2.05) is 0 Å². The maximum atomic E-state index is 9.17. The standard InChI is InChI=1S/C10H19N3O/c1-14-9(12)2-3-10(8-11)4-6-13-7-5-10/h9,13H,2-7,12H2,1H3. The van der Waals surface area contributed by atoms with Crippen molar-refractivity contribution >= 4 is 0 Å². The van der Waals surface area contributed by atoms with Gasteiger partial charge in [-0.3, -0.25) is 0 Å². The second-order valence-corrected chi connectivity index (χ2v) is 3.95. The summed E-state index contributed by atoms with van der Waals surface area (Å²) in [5, 5.41) is 12.4. The first-order valence-corrected chi connectivity index (χ1v) is 5.13. The molecule has 0 aromatic heterocycles. The summed E-state index contributed by atoms with van der Waals surface area (Å²) < 4.78 is 4.98. The van der Waals surface area contributed by atoms with E-state index in [4.69, 9.17) is 15.7 Å². The van der Waals surface area contributed by atoms with E-state index in [0.717, 1.165) is 38.8 Å². The van der Waals surface area contributed by atoms with Crippen LogP contribution in [0.1, 0.15) is 25.7 Å². The molecule has 0 radical (unpaired) electrons. The summed E-state index contributed by atoms with van der Waals surface area (Å²) in [6.45, 7) is 1.88. The maximum absolute atomic E-state index is 9.17. The molecule has 1 aliphatic heterocycles. The molecule has 4 nitrogen and oxygen atoms in total. The molecular weight excluding hydrogens is 178 g/mol. The van der Waals surface area contributed by atoms with E-state index >= 15 is 0 Å². The maximum Gasteiger partial charge on any atom is 0.105 e. The summed E-state index contributed by atoms with van der Waals surface area (Å²) in [6, 6.07) is 2.45. The lowest BCUT2D eigenvalue weighted by Gasteiger charge is -2.31. The molecular formula is C10H19N3O. The average molecular weight is 197 g/mol. The molecule has 1 rings (SSSR count). The molecule has 1 atom stereocenters. The second-order valence-electron chi connectivity index (χ2n) is 3.95. The third-order valence-corrected chi connectivity index (χ3v) is 3.01. The summed E-state index contributed by atoms with van der Waals surface area (Å²) in [5.74, 6) is 0. The lowest BCUT2D eigenvalue weighted by Crippen LogP contribution is -2.37. The molecule has 0 aromatic carbocycles. The average Bonchev–Trinajstić information content (AvgIpc) is 2.27. The minimum atomic E-state index is -0.227. The molecule has 0 aliphatic carbocycles. The van der Waals surface area contributed by atoms with Crippen LogP contribution in [-0.4, -0.2) is 26.4 Å². The Morgan fingerprint density at radius 2 is 2.21 bits per heavy atom. The van der Waals surface area contributed by atoms with Gasteiger partial charge in [-0.15, -0.1) is 0 Å². The Balaban J connectivity index is 2.41. The van der Waals surface area contributed by atoms with Gasteiger partial charge in [-0.1, -0.05) is 0 Å². The van der Waals surface area contributed by atoms with Crippen molar-refractivity contribution < 1.29 is 4.74 Å². The molecule has 0 aromatic rings. The van der Waals surface area contributed by atoms with Crippen LogP contribution in [0.15, 0.2) is 0 Å². The summed E-state index contributed by atoms with van der Waals surface area (Å²) in [4.78, 5) is 0. The monoisotopic (exact) mass is 197 g/mol. The summed E-state index contributed by atoms with van der Waals surface area (Å²) >= 11 is 0. The molecule has 0 spiro atoms. The van der Waals surface area contributed by atoms with Crippen molar-refractivity contribution in [3.8, 4) is 6.07 Å². The topological polar surface area (TPSA) is 71.1 Å². The molecule has 4 heteroatoms. The largest absolute Gasteiger partial charge is 0.367 e. The van der Waals surface area contributed by atoms with Gasteiger partial charge in [-0.2, -0.15) is 5.26 Å². The second kappa shape index (κ2) is 5.30. The van der Waals surface area contributed by atoms with Crippen LogP contribution in [0.25, 0.3) is 0 Å². The Bertz CT molecular complexity index is 206. The van der Waals surface area contributed by atoms with Gasteiger partial charge in [0.05, 0.1) is 11.5 Å². The van der Waals surface area contributed by atoms with Crippen molar-refractivity contribution in [3.05, 3.63) is 0 Å². The van der Waals surface area contributed by atoms with Gasteiger partial charge >= 0.3 is 0 Å². The van der Waals surface area contributed by atoms with Crippen LogP contribution in [0.2, 0.25) is 0 Å². The number of rotatable bonds is 4. The zero-order chi connectivity index (χ0) is 10.4. The number of methoxy groups -OCH3 is 1. The molecule has 0 bridgehead atoms. The Morgan fingerprint density at radius 3 is 2.71 bits per heavy atom. The first kappa shape index (κ1) is 11.4. The number of nitrogens with two attached hydrogens (primary N) is 1. The number of nitrogens with zero attached hydrogens (tertiary/aromatic N) is 1. The fraction of sp³-hybridized carbons (Fsp3) is 0.900. The molecule has 14 heavy (non-hydrogen) atoms. The highest BCUT2D eigenvalue weighted by Crippen LogP contribution is 2.33. The predicted molar refractivity (Wildman–Crippen MR) is 54.4 cm³/mol. The SMILES string of the molecule is COC(N)CCC1(C#N)CCNCC1. The number of nitrogens with one attached hydrogen (secondary N) is 1. The van der Waals surface area contributed by atoms with Crippen molar-refractivity contribution in [1.82, 2.24) is 5.32 Å². The molecule has 1 aliphatic rings. The molecule has 80 valence electrons. The minimum Gasteiger partial charge on any atom is -0.367 e. The van der Waals surface area contributed by atoms with Crippen molar-refractivity contribution in [2.45, 2.75) is 31.9 Å². The number of piperidine rings is 1. The molecule has 0 amide bonds. The third kappa shape index (κ3) is 2.95. The number of hydrogen-bond acceptors (Lipinski definition) is 4. The number of ether oxygens (including phenoxy) is 1. The first-order valence-electron chi connectivity index (χ1n) is 5.13. The van der Waals surface area contributed by atoms with E-state index in [9.17, 15) is 0 Å². The van der Waals surface area contributed by atoms with E-state index in [2.05, 4.69) is 11.4 Å². The van der Waals surface area contributed by atoms with Crippen LogP contribution in [0.4, 0.5) is 0 Å². The Hall–Kier alpha value is -0.630. The zero-order valence-electron chi connectivity index (χ0n) is 8.75. The van der Waals surface area contributed by atoms with Crippen molar-refractivity contribution in [2.75, 3.05) is 20.2 Å². The zero-order valence-corrected chi connectivity index (χ0v) is 8.75. The van der Waals surface area contributed by atoms with Crippen LogP contribution in [0, 0.1) is 16.7 Å². The van der Waals surface area contributed by atoms with Gasteiger partial charge in [0.2, 0.25) is 0 Å². The van der Waals surface area contributed by atoms with Gasteiger partial charge in [0.25, 0.3) is 0 Å². The Morgan fingerprint density at radius 1 is 1.57 bits per heavy atom. The highest BCUT2D eigenvalue weighted by molar-refractivity contribution is 5.01. The molecule has 0 saturated carbocycles. The quantitative estimate of drug-likeness (QED) is 0.647. The summed E-state index contributed by atoms with van der Waals surface area (Å²) in [5.41, 5.74) is 5.49. The molecule has 1 heterocycles. The minimum absolute atomic E-state index is 0.165. The van der Waals surface area contributed by atoms with Gasteiger partial charge < -0.3 is 15.8 Å². The summed E-state index contributed by atoms with van der Waals surface area (Å²) in [6.07, 6.45) is 3.25. The predicted octanol–water partition coefficient (Wildman–Crippen LogP) is 0.591. The van der Waals surface area contributed by atoms with E-state index in [1.165, 1.54) is 0 Å². The fourth-order valence-corrected chi connectivity index (χ4v) is 1.86. The normalized spacial score (nSPS) is 22.6. The van der Waals surface area contributed by atoms with Crippen LogP contribution < -0.4 is 11.1 Å². The smallest absolute Gasteiger partial charge is 0.105 e. The van der Waals surface area contributed by atoms with Gasteiger partial charge in [-0.05, 0) is 38.8 Å². The first-order chi connectivity index (χ1) is 6.72. The third-order valence-electron chi connectivity index (χ3n) is 3.01. The number of hydrogen-bond donors (Lipinski definition) is 2. The molecule has 3 N–H and O–H groups in total. The van der Waals surface area contributed by atoms with E-state index < -0.39 is 0 Å². The van der Waals surface area contributed by atoms with Gasteiger partial charge in [-0.25, -0.2) is 0 Å². The van der Waals surface area contributed by atoms with Gasteiger partial charge in [0.1, 0.15) is 6.23 Å². The fourth-order valence-electron chi connectivity index (χ4n) is 1.86.